The lowest BCUT2D eigenvalue weighted by Crippen LogP contribution is -2.56. The van der Waals surface area contributed by atoms with Crippen molar-refractivity contribution in [3.8, 4) is 0 Å². The van der Waals surface area contributed by atoms with E-state index in [1.807, 2.05) is 0 Å². The summed E-state index contributed by atoms with van der Waals surface area (Å²) < 4.78 is 0. The lowest BCUT2D eigenvalue weighted by Gasteiger charge is -2.36. The van der Waals surface area contributed by atoms with Crippen molar-refractivity contribution >= 4 is 17.6 Å². The molecule has 1 amide bonds. The number of hydrogen-bond acceptors (Lipinski definition) is 3. The van der Waals surface area contributed by atoms with Gasteiger partial charge in [0.25, 0.3) is 0 Å². The third-order valence-electron chi connectivity index (χ3n) is 3.35. The van der Waals surface area contributed by atoms with Crippen LogP contribution in [0, 0.1) is 6.92 Å². The molecular formula is C13H16N2O3. The van der Waals surface area contributed by atoms with E-state index in [-0.39, 0.29) is 11.5 Å². The van der Waals surface area contributed by atoms with Crippen molar-refractivity contribution in [2.24, 2.45) is 5.73 Å². The number of anilines is 1. The van der Waals surface area contributed by atoms with Gasteiger partial charge in [0.2, 0.25) is 5.91 Å². The summed E-state index contributed by atoms with van der Waals surface area (Å²) in [5, 5.41) is 11.7. The van der Waals surface area contributed by atoms with Gasteiger partial charge in [0.1, 0.15) is 0 Å². The number of carboxylic acid groups (broad SMARTS) is 1. The van der Waals surface area contributed by atoms with Crippen molar-refractivity contribution in [2.45, 2.75) is 31.7 Å². The summed E-state index contributed by atoms with van der Waals surface area (Å²) in [4.78, 5) is 23.1. The van der Waals surface area contributed by atoms with Gasteiger partial charge in [-0.15, -0.1) is 0 Å². The summed E-state index contributed by atoms with van der Waals surface area (Å²) in [6.07, 6.45) is 2.23. The monoisotopic (exact) mass is 248 g/mol. The molecule has 0 heterocycles. The molecule has 0 bridgehead atoms. The minimum Gasteiger partial charge on any atom is -0.478 e. The molecular weight excluding hydrogens is 232 g/mol. The van der Waals surface area contributed by atoms with E-state index < -0.39 is 11.5 Å². The number of rotatable bonds is 3. The van der Waals surface area contributed by atoms with Crippen molar-refractivity contribution in [3.05, 3.63) is 29.3 Å². The van der Waals surface area contributed by atoms with Crippen LogP contribution in [0.4, 0.5) is 5.69 Å². The van der Waals surface area contributed by atoms with E-state index in [1.54, 1.807) is 19.1 Å². The Kier molecular flexibility index (Phi) is 3.09. The summed E-state index contributed by atoms with van der Waals surface area (Å²) in [6.45, 7) is 1.80. The second-order valence-corrected chi connectivity index (χ2v) is 4.82. The lowest BCUT2D eigenvalue weighted by atomic mass is 9.77. The van der Waals surface area contributed by atoms with Gasteiger partial charge in [-0.1, -0.05) is 11.6 Å². The fraction of sp³-hybridized carbons (Fsp3) is 0.385. The van der Waals surface area contributed by atoms with Crippen LogP contribution in [-0.2, 0) is 4.79 Å². The summed E-state index contributed by atoms with van der Waals surface area (Å²) in [7, 11) is 0. The largest absolute Gasteiger partial charge is 0.478 e. The number of carbonyl (C=O) groups excluding carboxylic acids is 1. The maximum Gasteiger partial charge on any atom is 0.337 e. The van der Waals surface area contributed by atoms with Gasteiger partial charge in [-0.2, -0.15) is 0 Å². The molecule has 0 atom stereocenters. The number of aromatic carboxylic acids is 1. The van der Waals surface area contributed by atoms with Gasteiger partial charge in [0, 0.05) is 0 Å². The van der Waals surface area contributed by atoms with E-state index in [0.29, 0.717) is 18.5 Å². The number of aryl methyl sites for hydroxylation is 1. The zero-order valence-corrected chi connectivity index (χ0v) is 10.2. The highest BCUT2D eigenvalue weighted by atomic mass is 16.4. The minimum absolute atomic E-state index is 0.0891. The Bertz CT molecular complexity index is 507. The fourth-order valence-corrected chi connectivity index (χ4v) is 1.98. The van der Waals surface area contributed by atoms with Crippen molar-refractivity contribution in [3.63, 3.8) is 0 Å². The third kappa shape index (κ3) is 2.22. The Morgan fingerprint density at radius 3 is 2.56 bits per heavy atom. The second-order valence-electron chi connectivity index (χ2n) is 4.82. The van der Waals surface area contributed by atoms with Gasteiger partial charge in [-0.05, 0) is 38.3 Å². The Hall–Kier alpha value is -1.88. The van der Waals surface area contributed by atoms with Gasteiger partial charge < -0.3 is 16.2 Å². The molecule has 1 aliphatic carbocycles. The Morgan fingerprint density at radius 1 is 1.39 bits per heavy atom. The molecule has 4 N–H and O–H groups in total. The van der Waals surface area contributed by atoms with Crippen LogP contribution in [0.15, 0.2) is 18.2 Å². The molecule has 18 heavy (non-hydrogen) atoms. The average molecular weight is 248 g/mol. The SMILES string of the molecule is Cc1ccc(NC(=O)C2(N)CCC2)c(C(=O)O)c1. The molecule has 2 rings (SSSR count). The Labute approximate surface area is 105 Å². The van der Waals surface area contributed by atoms with Crippen LogP contribution in [0.5, 0.6) is 0 Å². The van der Waals surface area contributed by atoms with Crippen LogP contribution in [-0.4, -0.2) is 22.5 Å². The van der Waals surface area contributed by atoms with Crippen molar-refractivity contribution < 1.29 is 14.7 Å². The molecule has 0 aromatic heterocycles. The van der Waals surface area contributed by atoms with Gasteiger partial charge in [-0.25, -0.2) is 4.79 Å². The quantitative estimate of drug-likeness (QED) is 0.756. The molecule has 1 aromatic carbocycles. The highest BCUT2D eigenvalue weighted by molar-refractivity contribution is 6.04. The first-order valence-electron chi connectivity index (χ1n) is 5.87. The first-order chi connectivity index (χ1) is 8.42. The van der Waals surface area contributed by atoms with Crippen LogP contribution >= 0.6 is 0 Å². The number of carboxylic acids is 1. The van der Waals surface area contributed by atoms with E-state index in [9.17, 15) is 9.59 Å². The highest BCUT2D eigenvalue weighted by Crippen LogP contribution is 2.30. The van der Waals surface area contributed by atoms with Crippen molar-refractivity contribution in [1.82, 2.24) is 0 Å². The number of hydrogen-bond donors (Lipinski definition) is 3. The van der Waals surface area contributed by atoms with Crippen molar-refractivity contribution in [2.75, 3.05) is 5.32 Å². The maximum atomic E-state index is 11.9. The molecule has 1 aliphatic rings. The molecule has 1 saturated carbocycles. The van der Waals surface area contributed by atoms with Crippen LogP contribution < -0.4 is 11.1 Å². The molecule has 5 heteroatoms. The summed E-state index contributed by atoms with van der Waals surface area (Å²) in [5.74, 6) is -1.37. The number of amides is 1. The molecule has 0 spiro atoms. The lowest BCUT2D eigenvalue weighted by molar-refractivity contribution is -0.123. The molecule has 0 radical (unpaired) electrons. The fourth-order valence-electron chi connectivity index (χ4n) is 1.98. The molecule has 1 aromatic rings. The predicted octanol–water partition coefficient (Wildman–Crippen LogP) is 1.51. The molecule has 0 unspecified atom stereocenters. The summed E-state index contributed by atoms with van der Waals surface area (Å²) in [6, 6.07) is 4.88. The standard InChI is InChI=1S/C13H16N2O3/c1-8-3-4-10(9(7-8)11(16)17)15-12(18)13(14)5-2-6-13/h3-4,7H,2,5-6,14H2,1H3,(H,15,18)(H,16,17). The number of carbonyl (C=O) groups is 2. The molecule has 0 aliphatic heterocycles. The average Bonchev–Trinajstić information content (AvgIpc) is 2.27. The number of nitrogens with two attached hydrogens (primary N) is 1. The van der Waals surface area contributed by atoms with Gasteiger partial charge in [0.05, 0.1) is 16.8 Å². The first kappa shape index (κ1) is 12.6. The predicted molar refractivity (Wildman–Crippen MR) is 67.5 cm³/mol. The van der Waals surface area contributed by atoms with Crippen LogP contribution in [0.3, 0.4) is 0 Å². The molecule has 1 fully saturated rings. The zero-order valence-electron chi connectivity index (χ0n) is 10.2. The van der Waals surface area contributed by atoms with E-state index in [1.165, 1.54) is 6.07 Å². The van der Waals surface area contributed by atoms with Gasteiger partial charge >= 0.3 is 5.97 Å². The Balaban J connectivity index is 2.23. The highest BCUT2D eigenvalue weighted by Gasteiger charge is 2.40. The smallest absolute Gasteiger partial charge is 0.337 e. The van der Waals surface area contributed by atoms with Crippen LogP contribution in [0.2, 0.25) is 0 Å². The molecule has 0 saturated heterocycles. The maximum absolute atomic E-state index is 11.9. The van der Waals surface area contributed by atoms with Crippen molar-refractivity contribution in [1.29, 1.82) is 0 Å². The summed E-state index contributed by atoms with van der Waals surface area (Å²) in [5.41, 5.74) is 6.28. The minimum atomic E-state index is -1.06. The second kappa shape index (κ2) is 4.42. The Morgan fingerprint density at radius 2 is 2.06 bits per heavy atom. The van der Waals surface area contributed by atoms with E-state index in [0.717, 1.165) is 12.0 Å². The van der Waals surface area contributed by atoms with E-state index in [4.69, 9.17) is 10.8 Å². The molecule has 96 valence electrons. The van der Waals surface area contributed by atoms with Crippen LogP contribution in [0.1, 0.15) is 35.2 Å². The van der Waals surface area contributed by atoms with Gasteiger partial charge in [0.15, 0.2) is 0 Å². The van der Waals surface area contributed by atoms with Gasteiger partial charge in [-0.3, -0.25) is 4.79 Å². The number of nitrogens with one attached hydrogen (secondary N) is 1. The van der Waals surface area contributed by atoms with E-state index in [2.05, 4.69) is 5.32 Å². The summed E-state index contributed by atoms with van der Waals surface area (Å²) >= 11 is 0. The van der Waals surface area contributed by atoms with E-state index >= 15 is 0 Å². The first-order valence-corrected chi connectivity index (χ1v) is 5.87. The van der Waals surface area contributed by atoms with Crippen LogP contribution in [0.25, 0.3) is 0 Å². The zero-order chi connectivity index (χ0) is 13.3. The third-order valence-corrected chi connectivity index (χ3v) is 3.35. The number of benzene rings is 1. The molecule has 5 nitrogen and oxygen atoms in total. The topological polar surface area (TPSA) is 92.4 Å². The normalized spacial score (nSPS) is 16.8.